The largest absolute Gasteiger partial charge is 0.207 e. The Kier molecular flexibility index (Phi) is 5.66. The van der Waals surface area contributed by atoms with E-state index in [1.54, 1.807) is 6.08 Å². The van der Waals surface area contributed by atoms with Gasteiger partial charge >= 0.3 is 0 Å². The first-order chi connectivity index (χ1) is 9.20. The molecule has 2 aliphatic carbocycles. The maximum absolute atomic E-state index is 14.0. The van der Waals surface area contributed by atoms with Gasteiger partial charge in [0.15, 0.2) is 0 Å². The summed E-state index contributed by atoms with van der Waals surface area (Å²) in [5.41, 5.74) is 2.30. The van der Waals surface area contributed by atoms with Gasteiger partial charge in [-0.05, 0) is 50.2 Å². The van der Waals surface area contributed by atoms with Gasteiger partial charge in [0, 0.05) is 0 Å². The van der Waals surface area contributed by atoms with Crippen molar-refractivity contribution in [3.8, 4) is 0 Å². The molecule has 0 heterocycles. The summed E-state index contributed by atoms with van der Waals surface area (Å²) in [5.74, 6) is 1.13. The SMILES string of the molecule is CC1=CC(F)=C(C)C2CCCCCCCCCCC12. The molecule has 1 heteroatoms. The quantitative estimate of drug-likeness (QED) is 0.479. The number of allylic oxidation sites excluding steroid dienone is 4. The topological polar surface area (TPSA) is 0 Å². The van der Waals surface area contributed by atoms with Gasteiger partial charge in [-0.25, -0.2) is 4.39 Å². The van der Waals surface area contributed by atoms with E-state index in [9.17, 15) is 4.39 Å². The molecule has 0 aromatic carbocycles. The highest BCUT2D eigenvalue weighted by molar-refractivity contribution is 5.31. The van der Waals surface area contributed by atoms with Crippen LogP contribution in [0, 0.1) is 11.8 Å². The number of fused-ring (bicyclic) bond motifs is 1. The lowest BCUT2D eigenvalue weighted by atomic mass is 9.73. The monoisotopic (exact) mass is 264 g/mol. The molecule has 0 spiro atoms. The third-order valence-corrected chi connectivity index (χ3v) is 5.14. The zero-order valence-electron chi connectivity index (χ0n) is 12.7. The molecular formula is C18H29F. The Morgan fingerprint density at radius 1 is 0.789 bits per heavy atom. The highest BCUT2D eigenvalue weighted by Crippen LogP contribution is 2.41. The molecule has 0 aliphatic heterocycles. The van der Waals surface area contributed by atoms with Crippen LogP contribution in [0.15, 0.2) is 23.0 Å². The summed E-state index contributed by atoms with van der Waals surface area (Å²) in [4.78, 5) is 0. The lowest BCUT2D eigenvalue weighted by Gasteiger charge is -2.32. The summed E-state index contributed by atoms with van der Waals surface area (Å²) in [6, 6.07) is 0. The summed E-state index contributed by atoms with van der Waals surface area (Å²) < 4.78 is 14.0. The summed E-state index contributed by atoms with van der Waals surface area (Å²) in [6.45, 7) is 4.15. The van der Waals surface area contributed by atoms with E-state index in [1.807, 2.05) is 6.92 Å². The van der Waals surface area contributed by atoms with Crippen molar-refractivity contribution < 1.29 is 4.39 Å². The molecular weight excluding hydrogens is 235 g/mol. The van der Waals surface area contributed by atoms with Crippen LogP contribution in [0.5, 0.6) is 0 Å². The van der Waals surface area contributed by atoms with Crippen molar-refractivity contribution in [2.45, 2.75) is 78.1 Å². The highest BCUT2D eigenvalue weighted by atomic mass is 19.1. The summed E-state index contributed by atoms with van der Waals surface area (Å²) in [7, 11) is 0. The van der Waals surface area contributed by atoms with Crippen LogP contribution in [0.4, 0.5) is 4.39 Å². The van der Waals surface area contributed by atoms with Crippen molar-refractivity contribution in [3.63, 3.8) is 0 Å². The Morgan fingerprint density at radius 2 is 1.26 bits per heavy atom. The van der Waals surface area contributed by atoms with Gasteiger partial charge in [-0.15, -0.1) is 0 Å². The molecule has 0 amide bonds. The molecule has 0 radical (unpaired) electrons. The van der Waals surface area contributed by atoms with Gasteiger partial charge in [-0.2, -0.15) is 0 Å². The van der Waals surface area contributed by atoms with E-state index in [1.165, 1.54) is 69.8 Å². The van der Waals surface area contributed by atoms with Crippen LogP contribution in [-0.2, 0) is 0 Å². The average Bonchev–Trinajstić information content (AvgIpc) is 2.37. The third-order valence-electron chi connectivity index (χ3n) is 5.14. The van der Waals surface area contributed by atoms with Crippen LogP contribution < -0.4 is 0 Å². The van der Waals surface area contributed by atoms with Crippen LogP contribution in [0.2, 0.25) is 0 Å². The second-order valence-electron chi connectivity index (χ2n) is 6.54. The van der Waals surface area contributed by atoms with Gasteiger partial charge in [-0.1, -0.05) is 56.9 Å². The van der Waals surface area contributed by atoms with Gasteiger partial charge in [0.25, 0.3) is 0 Å². The first-order valence-corrected chi connectivity index (χ1v) is 8.24. The average molecular weight is 264 g/mol. The molecule has 19 heavy (non-hydrogen) atoms. The Balaban J connectivity index is 2.07. The lowest BCUT2D eigenvalue weighted by Crippen LogP contribution is -2.21. The molecule has 0 bridgehead atoms. The van der Waals surface area contributed by atoms with Crippen molar-refractivity contribution in [3.05, 3.63) is 23.0 Å². The fourth-order valence-electron chi connectivity index (χ4n) is 3.85. The van der Waals surface area contributed by atoms with Gasteiger partial charge < -0.3 is 0 Å². The fraction of sp³-hybridized carbons (Fsp3) is 0.778. The molecule has 0 N–H and O–H groups in total. The van der Waals surface area contributed by atoms with Crippen LogP contribution in [0.1, 0.15) is 78.1 Å². The van der Waals surface area contributed by atoms with Gasteiger partial charge in [-0.3, -0.25) is 0 Å². The number of halogens is 1. The van der Waals surface area contributed by atoms with Crippen LogP contribution in [-0.4, -0.2) is 0 Å². The van der Waals surface area contributed by atoms with Gasteiger partial charge in [0.2, 0.25) is 0 Å². The van der Waals surface area contributed by atoms with Crippen LogP contribution >= 0.6 is 0 Å². The number of rotatable bonds is 0. The number of hydrogen-bond donors (Lipinski definition) is 0. The third kappa shape index (κ3) is 3.94. The van der Waals surface area contributed by atoms with Crippen molar-refractivity contribution in [1.29, 1.82) is 0 Å². The van der Waals surface area contributed by atoms with Gasteiger partial charge in [0.05, 0.1) is 0 Å². The van der Waals surface area contributed by atoms with E-state index in [2.05, 4.69) is 6.92 Å². The molecule has 2 rings (SSSR count). The normalized spacial score (nSPS) is 31.0. The second kappa shape index (κ2) is 7.26. The smallest absolute Gasteiger partial charge is 0.122 e. The van der Waals surface area contributed by atoms with E-state index in [4.69, 9.17) is 0 Å². The van der Waals surface area contributed by atoms with Crippen LogP contribution in [0.3, 0.4) is 0 Å². The van der Waals surface area contributed by atoms with Crippen molar-refractivity contribution >= 4 is 0 Å². The summed E-state index contributed by atoms with van der Waals surface area (Å²) in [6.07, 6.45) is 15.1. The Bertz CT molecular complexity index is 351. The van der Waals surface area contributed by atoms with Crippen molar-refractivity contribution in [2.75, 3.05) is 0 Å². The summed E-state index contributed by atoms with van der Waals surface area (Å²) >= 11 is 0. The molecule has 0 aromatic rings. The highest BCUT2D eigenvalue weighted by Gasteiger charge is 2.29. The predicted molar refractivity (Wildman–Crippen MR) is 80.7 cm³/mol. The predicted octanol–water partition coefficient (Wildman–Crippen LogP) is 6.34. The molecule has 108 valence electrons. The molecule has 0 nitrogen and oxygen atoms in total. The van der Waals surface area contributed by atoms with E-state index < -0.39 is 0 Å². The first-order valence-electron chi connectivity index (χ1n) is 8.24. The molecule has 2 aliphatic rings. The second-order valence-corrected chi connectivity index (χ2v) is 6.54. The Morgan fingerprint density at radius 3 is 1.84 bits per heavy atom. The minimum Gasteiger partial charge on any atom is -0.207 e. The minimum atomic E-state index is 0.0471. The van der Waals surface area contributed by atoms with E-state index in [-0.39, 0.29) is 5.83 Å². The van der Waals surface area contributed by atoms with E-state index in [0.717, 1.165) is 5.57 Å². The van der Waals surface area contributed by atoms with E-state index in [0.29, 0.717) is 11.8 Å². The molecule has 2 unspecified atom stereocenters. The van der Waals surface area contributed by atoms with Crippen molar-refractivity contribution in [1.82, 2.24) is 0 Å². The fourth-order valence-corrected chi connectivity index (χ4v) is 3.85. The van der Waals surface area contributed by atoms with Crippen molar-refractivity contribution in [2.24, 2.45) is 11.8 Å². The molecule has 1 fully saturated rings. The maximum atomic E-state index is 14.0. The Labute approximate surface area is 118 Å². The number of hydrogen-bond acceptors (Lipinski definition) is 0. The molecule has 0 saturated heterocycles. The van der Waals surface area contributed by atoms with Gasteiger partial charge in [0.1, 0.15) is 5.83 Å². The molecule has 1 saturated carbocycles. The first kappa shape index (κ1) is 14.8. The zero-order valence-corrected chi connectivity index (χ0v) is 12.7. The summed E-state index contributed by atoms with van der Waals surface area (Å²) in [5, 5.41) is 0. The molecule has 2 atom stereocenters. The van der Waals surface area contributed by atoms with Crippen LogP contribution in [0.25, 0.3) is 0 Å². The van der Waals surface area contributed by atoms with E-state index >= 15 is 0 Å². The standard InChI is InChI=1S/C18H29F/c1-14-13-18(19)15(2)17-12-10-8-6-4-3-5-7-9-11-16(14)17/h13,16-17H,3-12H2,1-2H3. The molecule has 0 aromatic heterocycles. The lowest BCUT2D eigenvalue weighted by molar-refractivity contribution is 0.336. The maximum Gasteiger partial charge on any atom is 0.122 e. The zero-order chi connectivity index (χ0) is 13.7. The Hall–Kier alpha value is -0.590. The minimum absolute atomic E-state index is 0.0471.